The molecule has 2 atom stereocenters. The summed E-state index contributed by atoms with van der Waals surface area (Å²) in [5, 5.41) is 23.6. The fraction of sp³-hybridized carbons (Fsp3) is 0.556. The summed E-state index contributed by atoms with van der Waals surface area (Å²) in [6.07, 6.45) is 4.02. The number of rotatable bonds is 9. The number of pyridine rings is 1. The molecule has 12 nitrogen and oxygen atoms in total. The van der Waals surface area contributed by atoms with E-state index in [1.165, 1.54) is 36.7 Å². The number of carboxylic acid groups (broad SMARTS) is 2. The highest BCUT2D eigenvalue weighted by molar-refractivity contribution is 5.82. The lowest BCUT2D eigenvalue weighted by Gasteiger charge is -2.34. The number of piperidine rings is 1. The highest BCUT2D eigenvalue weighted by Crippen LogP contribution is 2.33. The number of nitrogens with one attached hydrogen (secondary N) is 2. The molecule has 1 unspecified atom stereocenters. The van der Waals surface area contributed by atoms with E-state index in [4.69, 9.17) is 10.1 Å². The summed E-state index contributed by atoms with van der Waals surface area (Å²) in [5.74, 6) is -0.444. The Bertz CT molecular complexity index is 1230. The van der Waals surface area contributed by atoms with E-state index >= 15 is 0 Å². The van der Waals surface area contributed by atoms with Crippen LogP contribution >= 0.6 is 0 Å². The van der Waals surface area contributed by atoms with Crippen molar-refractivity contribution in [2.75, 3.05) is 29.9 Å². The third kappa shape index (κ3) is 6.92. The van der Waals surface area contributed by atoms with Gasteiger partial charge in [-0.3, -0.25) is 4.98 Å². The number of ether oxygens (including phenoxy) is 1. The van der Waals surface area contributed by atoms with Crippen molar-refractivity contribution < 1.29 is 29.3 Å². The van der Waals surface area contributed by atoms with Gasteiger partial charge in [-0.1, -0.05) is 6.07 Å². The van der Waals surface area contributed by atoms with Crippen LogP contribution < -0.4 is 15.5 Å². The van der Waals surface area contributed by atoms with Crippen LogP contribution in [0.25, 0.3) is 0 Å². The first-order valence-electron chi connectivity index (χ1n) is 13.4. The van der Waals surface area contributed by atoms with Crippen molar-refractivity contribution in [3.05, 3.63) is 40.5 Å². The minimum atomic E-state index is -1.41. The molecule has 1 saturated heterocycles. The lowest BCUT2D eigenvalue weighted by atomic mass is 9.90. The van der Waals surface area contributed by atoms with E-state index in [0.29, 0.717) is 17.6 Å². The number of fused-ring (bicyclic) bond motifs is 1. The number of amides is 1. The number of aryl methyl sites for hydroxylation is 3. The lowest BCUT2D eigenvalue weighted by molar-refractivity contribution is -0.145. The first-order chi connectivity index (χ1) is 18.6. The third-order valence-corrected chi connectivity index (χ3v) is 7.34. The Kier molecular flexibility index (Phi) is 8.82. The minimum absolute atomic E-state index is 0.186. The van der Waals surface area contributed by atoms with Crippen molar-refractivity contribution >= 4 is 29.7 Å². The molecule has 1 fully saturated rings. The van der Waals surface area contributed by atoms with Crippen molar-refractivity contribution in [3.63, 3.8) is 0 Å². The maximum Gasteiger partial charge on any atom is 0.408 e. The highest BCUT2D eigenvalue weighted by atomic mass is 16.6. The second-order valence-corrected chi connectivity index (χ2v) is 10.2. The first kappa shape index (κ1) is 28.1. The van der Waals surface area contributed by atoms with Crippen LogP contribution in [0.4, 0.5) is 16.4 Å². The van der Waals surface area contributed by atoms with E-state index in [-0.39, 0.29) is 6.54 Å². The monoisotopic (exact) mass is 540 g/mol. The van der Waals surface area contributed by atoms with E-state index < -0.39 is 30.2 Å². The highest BCUT2D eigenvalue weighted by Gasteiger charge is 2.27. The molecule has 4 rings (SSSR count). The number of anilines is 2. The van der Waals surface area contributed by atoms with E-state index in [0.717, 1.165) is 50.2 Å². The molecule has 4 N–H and O–H groups in total. The van der Waals surface area contributed by atoms with Gasteiger partial charge in [0.05, 0.1) is 0 Å². The molecule has 2 aromatic heterocycles. The Labute approximate surface area is 227 Å². The van der Waals surface area contributed by atoms with Crippen molar-refractivity contribution in [2.45, 2.75) is 77.4 Å². The van der Waals surface area contributed by atoms with Gasteiger partial charge in [0.25, 0.3) is 0 Å². The topological polar surface area (TPSA) is 167 Å². The summed E-state index contributed by atoms with van der Waals surface area (Å²) >= 11 is 0. The number of carbonyl (C=O) groups excluding carboxylic acids is 1. The Morgan fingerprint density at radius 2 is 1.77 bits per heavy atom. The second-order valence-electron chi connectivity index (χ2n) is 10.2. The van der Waals surface area contributed by atoms with Gasteiger partial charge in [-0.25, -0.2) is 24.4 Å². The van der Waals surface area contributed by atoms with Crippen LogP contribution in [0.15, 0.2) is 12.1 Å². The molecule has 0 spiro atoms. The standard InChI is InChI=1S/C27H36N6O6/c1-15-23(28-14-22(26(36)37)32-27(38)39-16(2)25(34)35)29-17(3)30-24(15)33-12-10-19(11-13-33)21-9-8-18-6-4-5-7-20(18)31-21/h8-9,16,19,22H,4-7,10-14H2,1-3H3,(H,32,38)(H,34,35)(H,36,37)(H,28,29,30)/t16?,22-/m0/s1. The van der Waals surface area contributed by atoms with Gasteiger partial charge < -0.3 is 30.5 Å². The predicted molar refractivity (Wildman–Crippen MR) is 143 cm³/mol. The molecule has 39 heavy (non-hydrogen) atoms. The predicted octanol–water partition coefficient (Wildman–Crippen LogP) is 2.82. The normalized spacial score (nSPS) is 17.1. The largest absolute Gasteiger partial charge is 0.480 e. The first-order valence-corrected chi connectivity index (χ1v) is 13.4. The molecule has 3 heterocycles. The fourth-order valence-corrected chi connectivity index (χ4v) is 5.09. The summed E-state index contributed by atoms with van der Waals surface area (Å²) in [6.45, 7) is 6.27. The van der Waals surface area contributed by atoms with E-state index in [9.17, 15) is 19.5 Å². The molecule has 0 bridgehead atoms. The zero-order valence-corrected chi connectivity index (χ0v) is 22.6. The third-order valence-electron chi connectivity index (χ3n) is 7.34. The number of carboxylic acids is 2. The summed E-state index contributed by atoms with van der Waals surface area (Å²) in [5.41, 5.74) is 4.61. The molecule has 2 aliphatic rings. The fourth-order valence-electron chi connectivity index (χ4n) is 5.09. The smallest absolute Gasteiger partial charge is 0.408 e. The molecule has 12 heteroatoms. The minimum Gasteiger partial charge on any atom is -0.480 e. The molecular weight excluding hydrogens is 504 g/mol. The van der Waals surface area contributed by atoms with Crippen LogP contribution in [-0.2, 0) is 27.2 Å². The van der Waals surface area contributed by atoms with Crippen molar-refractivity contribution in [2.24, 2.45) is 0 Å². The molecule has 0 radical (unpaired) electrons. The molecule has 2 aromatic rings. The summed E-state index contributed by atoms with van der Waals surface area (Å²) in [7, 11) is 0. The average Bonchev–Trinajstić information content (AvgIpc) is 2.92. The Hall–Kier alpha value is -3.96. The maximum atomic E-state index is 11.9. The van der Waals surface area contributed by atoms with Gasteiger partial charge in [-0.15, -0.1) is 0 Å². The quantitative estimate of drug-likeness (QED) is 0.369. The van der Waals surface area contributed by atoms with Crippen LogP contribution in [-0.4, -0.2) is 75.0 Å². The van der Waals surface area contributed by atoms with Crippen LogP contribution in [0.5, 0.6) is 0 Å². The summed E-state index contributed by atoms with van der Waals surface area (Å²) in [4.78, 5) is 50.9. The van der Waals surface area contributed by atoms with Crippen molar-refractivity contribution in [3.8, 4) is 0 Å². The number of hydrogen-bond acceptors (Lipinski definition) is 9. The maximum absolute atomic E-state index is 11.9. The number of aliphatic carboxylic acids is 2. The van der Waals surface area contributed by atoms with Gasteiger partial charge in [0, 0.05) is 42.5 Å². The number of hydrogen-bond donors (Lipinski definition) is 4. The second kappa shape index (κ2) is 12.3. The van der Waals surface area contributed by atoms with Crippen LogP contribution in [0.1, 0.15) is 66.9 Å². The van der Waals surface area contributed by atoms with E-state index in [2.05, 4.69) is 42.4 Å². The molecule has 210 valence electrons. The molecular formula is C27H36N6O6. The number of aromatic nitrogens is 3. The van der Waals surface area contributed by atoms with Crippen molar-refractivity contribution in [1.82, 2.24) is 20.3 Å². The Morgan fingerprint density at radius 1 is 1.05 bits per heavy atom. The van der Waals surface area contributed by atoms with Gasteiger partial charge in [-0.2, -0.15) is 0 Å². The number of nitrogens with zero attached hydrogens (tertiary/aromatic N) is 4. The number of carbonyl (C=O) groups is 3. The SMILES string of the molecule is Cc1nc(NC[C@H](NC(=O)OC(C)C(=O)O)C(=O)O)c(C)c(N2CCC(c3ccc4c(n3)CCCC4)CC2)n1. The molecule has 0 aromatic carbocycles. The number of alkyl carbamates (subject to hydrolysis) is 1. The van der Waals surface area contributed by atoms with Crippen LogP contribution in [0.3, 0.4) is 0 Å². The van der Waals surface area contributed by atoms with E-state index in [1.54, 1.807) is 6.92 Å². The molecule has 0 saturated carbocycles. The molecule has 1 amide bonds. The summed E-state index contributed by atoms with van der Waals surface area (Å²) < 4.78 is 4.68. The van der Waals surface area contributed by atoms with Gasteiger partial charge in [0.15, 0.2) is 6.10 Å². The zero-order valence-electron chi connectivity index (χ0n) is 22.6. The van der Waals surface area contributed by atoms with Gasteiger partial charge in [0.2, 0.25) is 0 Å². The van der Waals surface area contributed by atoms with E-state index in [1.807, 2.05) is 6.92 Å². The average molecular weight is 541 g/mol. The van der Waals surface area contributed by atoms with Crippen molar-refractivity contribution in [1.29, 1.82) is 0 Å². The molecule has 1 aliphatic heterocycles. The molecule has 1 aliphatic carbocycles. The van der Waals surface area contributed by atoms with Gasteiger partial charge in [0.1, 0.15) is 23.5 Å². The lowest BCUT2D eigenvalue weighted by Crippen LogP contribution is -2.46. The summed E-state index contributed by atoms with van der Waals surface area (Å²) in [6, 6.07) is 3.08. The van der Waals surface area contributed by atoms with Crippen LogP contribution in [0.2, 0.25) is 0 Å². The van der Waals surface area contributed by atoms with Crippen LogP contribution in [0, 0.1) is 13.8 Å². The van der Waals surface area contributed by atoms with Gasteiger partial charge >= 0.3 is 18.0 Å². The Morgan fingerprint density at radius 3 is 2.46 bits per heavy atom. The Balaban J connectivity index is 1.39. The van der Waals surface area contributed by atoms with Gasteiger partial charge in [-0.05, 0) is 70.9 Å². The zero-order chi connectivity index (χ0) is 28.1.